The topological polar surface area (TPSA) is 69.7 Å². The second kappa shape index (κ2) is 5.22. The van der Waals surface area contributed by atoms with E-state index in [2.05, 4.69) is 9.01 Å². The van der Waals surface area contributed by atoms with E-state index in [1.165, 1.54) is 0 Å². The highest BCUT2D eigenvalue weighted by Gasteiger charge is 2.26. The smallest absolute Gasteiger partial charge is 0.294 e. The van der Waals surface area contributed by atoms with Crippen molar-refractivity contribution in [3.8, 4) is 0 Å². The number of rotatable bonds is 4. The van der Waals surface area contributed by atoms with Crippen LogP contribution in [0.4, 0.5) is 8.78 Å². The lowest BCUT2D eigenvalue weighted by Crippen LogP contribution is -2.10. The van der Waals surface area contributed by atoms with Crippen LogP contribution >= 0.6 is 8.03 Å². The standard InChI is InChI=1S/C8H9F2O5PS/c1-5-6(9)3-4-7(10)8(5)17(12,13)15-14-16(2)11/h3-4,16H,1-2H3. The number of hydrogen-bond acceptors (Lipinski definition) is 5. The minimum absolute atomic E-state index is 0.440. The van der Waals surface area contributed by atoms with Gasteiger partial charge in [0.05, 0.1) is 0 Å². The molecule has 0 aliphatic heterocycles. The zero-order valence-electron chi connectivity index (χ0n) is 8.86. The molecular weight excluding hydrogens is 277 g/mol. The van der Waals surface area contributed by atoms with Crippen LogP contribution in [-0.2, 0) is 23.7 Å². The van der Waals surface area contributed by atoms with Gasteiger partial charge >= 0.3 is 10.1 Å². The molecule has 0 saturated carbocycles. The molecule has 1 aromatic rings. The summed E-state index contributed by atoms with van der Waals surface area (Å²) in [6, 6.07) is 1.43. The second-order valence-electron chi connectivity index (χ2n) is 3.08. The van der Waals surface area contributed by atoms with Gasteiger partial charge < -0.3 is 0 Å². The van der Waals surface area contributed by atoms with Crippen molar-refractivity contribution in [2.75, 3.05) is 6.66 Å². The van der Waals surface area contributed by atoms with Gasteiger partial charge in [-0.2, -0.15) is 13.1 Å². The molecule has 1 rings (SSSR count). The van der Waals surface area contributed by atoms with Crippen molar-refractivity contribution in [3.63, 3.8) is 0 Å². The van der Waals surface area contributed by atoms with Gasteiger partial charge in [-0.05, 0) is 19.1 Å². The van der Waals surface area contributed by atoms with E-state index in [9.17, 15) is 21.8 Å². The van der Waals surface area contributed by atoms with Crippen LogP contribution in [0.15, 0.2) is 17.0 Å². The van der Waals surface area contributed by atoms with Crippen molar-refractivity contribution in [3.05, 3.63) is 29.3 Å². The number of hydrogen-bond donors (Lipinski definition) is 0. The van der Waals surface area contributed by atoms with Gasteiger partial charge in [-0.15, -0.1) is 0 Å². The van der Waals surface area contributed by atoms with Gasteiger partial charge in [-0.25, -0.2) is 8.78 Å². The van der Waals surface area contributed by atoms with E-state index in [0.29, 0.717) is 6.07 Å². The highest BCUT2D eigenvalue weighted by Crippen LogP contribution is 2.26. The first-order valence-electron chi connectivity index (χ1n) is 4.32. The summed E-state index contributed by atoms with van der Waals surface area (Å²) in [5.74, 6) is -2.08. The van der Waals surface area contributed by atoms with Crippen LogP contribution in [0.2, 0.25) is 0 Å². The van der Waals surface area contributed by atoms with Crippen LogP contribution in [0, 0.1) is 18.6 Å². The Balaban J connectivity index is 3.24. The monoisotopic (exact) mass is 286 g/mol. The predicted molar refractivity (Wildman–Crippen MR) is 55.4 cm³/mol. The summed E-state index contributed by atoms with van der Waals surface area (Å²) >= 11 is 0. The zero-order chi connectivity index (χ0) is 13.2. The fourth-order valence-corrected chi connectivity index (χ4v) is 2.66. The average Bonchev–Trinajstić information content (AvgIpc) is 2.21. The van der Waals surface area contributed by atoms with E-state index < -0.39 is 40.2 Å². The molecule has 5 nitrogen and oxygen atoms in total. The van der Waals surface area contributed by atoms with E-state index in [0.717, 1.165) is 19.7 Å². The summed E-state index contributed by atoms with van der Waals surface area (Å²) < 4.78 is 67.7. The third-order valence-electron chi connectivity index (χ3n) is 1.78. The second-order valence-corrected chi connectivity index (χ2v) is 5.68. The van der Waals surface area contributed by atoms with Crippen LogP contribution in [0.1, 0.15) is 5.56 Å². The van der Waals surface area contributed by atoms with Crippen LogP contribution in [0.3, 0.4) is 0 Å². The van der Waals surface area contributed by atoms with Crippen LogP contribution in [0.5, 0.6) is 0 Å². The minimum atomic E-state index is -4.65. The fourth-order valence-electron chi connectivity index (χ4n) is 1.07. The quantitative estimate of drug-likeness (QED) is 0.481. The molecule has 0 bridgehead atoms. The van der Waals surface area contributed by atoms with E-state index >= 15 is 0 Å². The fraction of sp³-hybridized carbons (Fsp3) is 0.250. The lowest BCUT2D eigenvalue weighted by molar-refractivity contribution is -0.0836. The molecule has 0 amide bonds. The molecule has 0 spiro atoms. The first kappa shape index (κ1) is 14.2. The van der Waals surface area contributed by atoms with E-state index in [1.54, 1.807) is 0 Å². The van der Waals surface area contributed by atoms with E-state index in [4.69, 9.17) is 0 Å². The van der Waals surface area contributed by atoms with Crippen LogP contribution < -0.4 is 0 Å². The first-order chi connectivity index (χ1) is 7.75. The van der Waals surface area contributed by atoms with Crippen molar-refractivity contribution in [2.24, 2.45) is 0 Å². The summed E-state index contributed by atoms with van der Waals surface area (Å²) in [6.07, 6.45) is 0. The maximum absolute atomic E-state index is 13.3. The van der Waals surface area contributed by atoms with Gasteiger partial charge in [0.15, 0.2) is 0 Å². The molecule has 0 aromatic heterocycles. The number of benzene rings is 1. The summed E-state index contributed by atoms with van der Waals surface area (Å²) in [7, 11) is -7.33. The molecule has 0 heterocycles. The molecule has 9 heteroatoms. The Morgan fingerprint density at radius 1 is 1.24 bits per heavy atom. The molecule has 1 unspecified atom stereocenters. The Bertz CT molecular complexity index is 557. The Hall–Kier alpha value is -0.820. The predicted octanol–water partition coefficient (Wildman–Crippen LogP) is 2.01. The maximum Gasteiger partial charge on any atom is 0.326 e. The largest absolute Gasteiger partial charge is 0.326 e. The molecule has 0 N–H and O–H groups in total. The average molecular weight is 286 g/mol. The van der Waals surface area contributed by atoms with E-state index in [1.807, 2.05) is 0 Å². The first-order valence-corrected chi connectivity index (χ1v) is 7.54. The normalized spacial score (nSPS) is 13.6. The molecule has 0 radical (unpaired) electrons. The van der Waals surface area contributed by atoms with Gasteiger partial charge in [0.25, 0.3) is 0 Å². The van der Waals surface area contributed by atoms with Gasteiger partial charge in [-0.3, -0.25) is 4.57 Å². The molecule has 96 valence electrons. The lowest BCUT2D eigenvalue weighted by Gasteiger charge is -2.07. The molecule has 0 fully saturated rings. The zero-order valence-corrected chi connectivity index (χ0v) is 10.7. The third kappa shape index (κ3) is 3.32. The van der Waals surface area contributed by atoms with Crippen molar-refractivity contribution in [1.29, 1.82) is 0 Å². The Labute approximate surface area is 97.3 Å². The van der Waals surface area contributed by atoms with Gasteiger partial charge in [0.1, 0.15) is 16.5 Å². The van der Waals surface area contributed by atoms with Crippen molar-refractivity contribution in [2.45, 2.75) is 11.8 Å². The molecular formula is C8H9F2O5PS. The molecule has 1 atom stereocenters. The summed E-state index contributed by atoms with van der Waals surface area (Å²) in [5.41, 5.74) is -0.440. The van der Waals surface area contributed by atoms with E-state index in [-0.39, 0.29) is 0 Å². The SMILES string of the molecule is Cc1c(F)ccc(F)c1S(=O)(=O)OO[PH](C)=O. The highest BCUT2D eigenvalue weighted by molar-refractivity contribution is 7.86. The molecule has 1 aromatic carbocycles. The maximum atomic E-state index is 13.3. The van der Waals surface area contributed by atoms with Crippen molar-refractivity contribution >= 4 is 18.1 Å². The van der Waals surface area contributed by atoms with Gasteiger partial charge in [0.2, 0.25) is 8.03 Å². The number of halogens is 2. The van der Waals surface area contributed by atoms with Crippen LogP contribution in [-0.4, -0.2) is 15.1 Å². The molecule has 0 saturated heterocycles. The molecule has 0 aliphatic rings. The minimum Gasteiger partial charge on any atom is -0.294 e. The van der Waals surface area contributed by atoms with Crippen molar-refractivity contribution in [1.82, 2.24) is 0 Å². The van der Waals surface area contributed by atoms with Gasteiger partial charge in [-0.1, -0.05) is 4.33 Å². The lowest BCUT2D eigenvalue weighted by atomic mass is 10.2. The summed E-state index contributed by atoms with van der Waals surface area (Å²) in [4.78, 5) is -0.972. The summed E-state index contributed by atoms with van der Waals surface area (Å²) in [5, 5.41) is 0. The van der Waals surface area contributed by atoms with Crippen LogP contribution in [0.25, 0.3) is 0 Å². The Kier molecular flexibility index (Phi) is 4.37. The van der Waals surface area contributed by atoms with Gasteiger partial charge in [0, 0.05) is 12.2 Å². The highest BCUT2D eigenvalue weighted by atomic mass is 32.2. The molecule has 0 aliphatic carbocycles. The van der Waals surface area contributed by atoms with Crippen molar-refractivity contribution < 1.29 is 30.8 Å². The Morgan fingerprint density at radius 3 is 2.29 bits per heavy atom. The third-order valence-corrected chi connectivity index (χ3v) is 3.47. The summed E-state index contributed by atoms with van der Waals surface area (Å²) in [6.45, 7) is 2.15. The Morgan fingerprint density at radius 2 is 1.76 bits per heavy atom. The molecule has 17 heavy (non-hydrogen) atoms.